The molecule has 1 amide bonds. The highest BCUT2D eigenvalue weighted by Gasteiger charge is 2.07. The number of furan rings is 1. The molecule has 0 fully saturated rings. The smallest absolute Gasteiger partial charge is 0.287 e. The van der Waals surface area contributed by atoms with E-state index in [2.05, 4.69) is 27.5 Å². The summed E-state index contributed by atoms with van der Waals surface area (Å²) in [5, 5.41) is 9.15. The first kappa shape index (κ1) is 23.5. The van der Waals surface area contributed by atoms with Crippen LogP contribution in [0.15, 0.2) is 64.7 Å². The first-order valence-electron chi connectivity index (χ1n) is 8.90. The molecule has 2 rings (SSSR count). The number of para-hydroxylation sites is 1. The van der Waals surface area contributed by atoms with Gasteiger partial charge in [0.15, 0.2) is 11.7 Å². The third-order valence-corrected chi connectivity index (χ3v) is 3.53. The average Bonchev–Trinajstić information content (AvgIpc) is 3.23. The first-order chi connectivity index (χ1) is 13.2. The van der Waals surface area contributed by atoms with Crippen molar-refractivity contribution < 1.29 is 13.9 Å². The maximum absolute atomic E-state index is 11.8. The predicted octanol–water partition coefficient (Wildman–Crippen LogP) is 2.95. The Morgan fingerprint density at radius 2 is 1.96 bits per heavy atom. The molecule has 2 aromatic rings. The lowest BCUT2D eigenvalue weighted by molar-refractivity contribution is 0.0926. The number of hydrogen-bond acceptors (Lipinski definition) is 4. The number of benzene rings is 1. The van der Waals surface area contributed by atoms with Gasteiger partial charge in [-0.25, -0.2) is 4.99 Å². The summed E-state index contributed by atoms with van der Waals surface area (Å²) in [5.41, 5.74) is 0.989. The molecule has 0 aliphatic heterocycles. The van der Waals surface area contributed by atoms with Crippen LogP contribution in [0.25, 0.3) is 0 Å². The van der Waals surface area contributed by atoms with Crippen molar-refractivity contribution >= 4 is 35.8 Å². The summed E-state index contributed by atoms with van der Waals surface area (Å²) in [7, 11) is 0. The van der Waals surface area contributed by atoms with Crippen molar-refractivity contribution in [3.8, 4) is 5.75 Å². The Balaban J connectivity index is 0.00000392. The number of ether oxygens (including phenoxy) is 1. The minimum atomic E-state index is -0.239. The van der Waals surface area contributed by atoms with Gasteiger partial charge in [0.2, 0.25) is 0 Å². The van der Waals surface area contributed by atoms with E-state index in [1.807, 2.05) is 31.2 Å². The number of aliphatic imine (C=N–C) groups is 1. The van der Waals surface area contributed by atoms with Crippen LogP contribution in [-0.2, 0) is 6.54 Å². The van der Waals surface area contributed by atoms with Crippen molar-refractivity contribution in [1.82, 2.24) is 16.0 Å². The van der Waals surface area contributed by atoms with Crippen molar-refractivity contribution in [3.63, 3.8) is 0 Å². The van der Waals surface area contributed by atoms with Crippen LogP contribution < -0.4 is 20.7 Å². The summed E-state index contributed by atoms with van der Waals surface area (Å²) >= 11 is 0. The summed E-state index contributed by atoms with van der Waals surface area (Å²) in [6.07, 6.45) is 3.18. The molecule has 0 bridgehead atoms. The molecule has 28 heavy (non-hydrogen) atoms. The van der Waals surface area contributed by atoms with Gasteiger partial charge in [0, 0.05) is 25.2 Å². The lowest BCUT2D eigenvalue weighted by Crippen LogP contribution is -2.41. The van der Waals surface area contributed by atoms with Gasteiger partial charge in [-0.2, -0.15) is 0 Å². The molecular formula is C20H27IN4O3. The van der Waals surface area contributed by atoms with Crippen LogP contribution in [0.5, 0.6) is 5.75 Å². The van der Waals surface area contributed by atoms with Gasteiger partial charge in [0.1, 0.15) is 12.4 Å². The quantitative estimate of drug-likeness (QED) is 0.154. The molecule has 0 spiro atoms. The van der Waals surface area contributed by atoms with Gasteiger partial charge in [0.05, 0.1) is 12.8 Å². The molecule has 0 saturated carbocycles. The third-order valence-electron chi connectivity index (χ3n) is 3.53. The monoisotopic (exact) mass is 498 g/mol. The molecule has 0 saturated heterocycles. The number of hydrogen-bond donors (Lipinski definition) is 3. The Hall–Kier alpha value is -2.49. The fourth-order valence-corrected chi connectivity index (χ4v) is 2.28. The fraction of sp³-hybridized carbons (Fsp3) is 0.300. The third kappa shape index (κ3) is 8.03. The number of rotatable bonds is 10. The molecule has 0 radical (unpaired) electrons. The Morgan fingerprint density at radius 3 is 2.68 bits per heavy atom. The molecule has 0 aliphatic rings. The molecule has 1 heterocycles. The second kappa shape index (κ2) is 13.6. The molecule has 3 N–H and O–H groups in total. The Morgan fingerprint density at radius 1 is 1.18 bits per heavy atom. The highest BCUT2D eigenvalue weighted by atomic mass is 127. The van der Waals surface area contributed by atoms with Crippen LogP contribution in [0.3, 0.4) is 0 Å². The van der Waals surface area contributed by atoms with E-state index < -0.39 is 0 Å². The van der Waals surface area contributed by atoms with Crippen LogP contribution in [0, 0.1) is 0 Å². The zero-order valence-corrected chi connectivity index (χ0v) is 18.3. The van der Waals surface area contributed by atoms with E-state index in [-0.39, 0.29) is 29.9 Å². The molecular weight excluding hydrogens is 471 g/mol. The minimum absolute atomic E-state index is 0. The van der Waals surface area contributed by atoms with Gasteiger partial charge >= 0.3 is 0 Å². The summed E-state index contributed by atoms with van der Waals surface area (Å²) in [6, 6.07) is 11.1. The molecule has 0 atom stereocenters. The fourth-order valence-electron chi connectivity index (χ4n) is 2.28. The summed E-state index contributed by atoms with van der Waals surface area (Å²) in [5.74, 6) is 1.52. The van der Waals surface area contributed by atoms with E-state index in [0.29, 0.717) is 38.0 Å². The van der Waals surface area contributed by atoms with Gasteiger partial charge in [-0.3, -0.25) is 4.79 Å². The minimum Gasteiger partial charge on any atom is -0.489 e. The van der Waals surface area contributed by atoms with Gasteiger partial charge in [-0.05, 0) is 25.1 Å². The van der Waals surface area contributed by atoms with E-state index in [1.165, 1.54) is 6.26 Å². The van der Waals surface area contributed by atoms with Gasteiger partial charge < -0.3 is 25.1 Å². The molecule has 0 aliphatic carbocycles. The molecule has 7 nitrogen and oxygen atoms in total. The standard InChI is InChI=1S/C20H26N4O3.HI/c1-3-13-26-17-9-6-5-8-16(17)15-24-20(21-4-2)23-12-11-22-19(25)18-10-7-14-27-18;/h3,5-10,14H,1,4,11-13,15H2,2H3,(H,22,25)(H2,21,23,24);1H. The Bertz CT molecular complexity index is 748. The van der Waals surface area contributed by atoms with E-state index in [4.69, 9.17) is 9.15 Å². The molecule has 1 aromatic carbocycles. The van der Waals surface area contributed by atoms with Crippen molar-refractivity contribution in [3.05, 3.63) is 66.6 Å². The van der Waals surface area contributed by atoms with Crippen molar-refractivity contribution in [2.24, 2.45) is 4.99 Å². The molecule has 0 unspecified atom stereocenters. The molecule has 8 heteroatoms. The second-order valence-electron chi connectivity index (χ2n) is 5.56. The Kier molecular flexibility index (Phi) is 11.5. The number of amides is 1. The van der Waals surface area contributed by atoms with Crippen LogP contribution in [0.2, 0.25) is 0 Å². The van der Waals surface area contributed by atoms with Gasteiger partial charge in [-0.15, -0.1) is 24.0 Å². The summed E-state index contributed by atoms with van der Waals surface area (Å²) in [6.45, 7) is 8.31. The number of halogens is 1. The topological polar surface area (TPSA) is 87.9 Å². The summed E-state index contributed by atoms with van der Waals surface area (Å²) in [4.78, 5) is 16.4. The van der Waals surface area contributed by atoms with Gasteiger partial charge in [0.25, 0.3) is 5.91 Å². The van der Waals surface area contributed by atoms with Crippen LogP contribution in [-0.4, -0.2) is 38.1 Å². The van der Waals surface area contributed by atoms with Crippen LogP contribution >= 0.6 is 24.0 Å². The zero-order chi connectivity index (χ0) is 19.3. The largest absolute Gasteiger partial charge is 0.489 e. The number of nitrogens with zero attached hydrogens (tertiary/aromatic N) is 1. The highest BCUT2D eigenvalue weighted by molar-refractivity contribution is 14.0. The van der Waals surface area contributed by atoms with Crippen molar-refractivity contribution in [2.45, 2.75) is 13.5 Å². The zero-order valence-electron chi connectivity index (χ0n) is 15.9. The summed E-state index contributed by atoms with van der Waals surface area (Å²) < 4.78 is 10.7. The number of carbonyl (C=O) groups excluding carboxylic acids is 1. The van der Waals surface area contributed by atoms with Crippen molar-refractivity contribution in [2.75, 3.05) is 26.2 Å². The van der Waals surface area contributed by atoms with Gasteiger partial charge in [-0.1, -0.05) is 30.9 Å². The van der Waals surface area contributed by atoms with E-state index in [1.54, 1.807) is 18.2 Å². The average molecular weight is 498 g/mol. The maximum Gasteiger partial charge on any atom is 0.287 e. The SMILES string of the molecule is C=CCOc1ccccc1CN=C(NCC)NCCNC(=O)c1ccco1.I. The molecule has 1 aromatic heterocycles. The first-order valence-corrected chi connectivity index (χ1v) is 8.90. The predicted molar refractivity (Wildman–Crippen MR) is 121 cm³/mol. The van der Waals surface area contributed by atoms with E-state index in [9.17, 15) is 4.79 Å². The van der Waals surface area contributed by atoms with E-state index in [0.717, 1.165) is 17.9 Å². The lowest BCUT2D eigenvalue weighted by atomic mass is 10.2. The van der Waals surface area contributed by atoms with Crippen molar-refractivity contribution in [1.29, 1.82) is 0 Å². The number of carbonyl (C=O) groups is 1. The van der Waals surface area contributed by atoms with Crippen LogP contribution in [0.4, 0.5) is 0 Å². The normalized spacial score (nSPS) is 10.5. The Labute approximate surface area is 182 Å². The second-order valence-corrected chi connectivity index (χ2v) is 5.56. The maximum atomic E-state index is 11.8. The molecule has 152 valence electrons. The van der Waals surface area contributed by atoms with E-state index >= 15 is 0 Å². The number of guanidine groups is 1. The highest BCUT2D eigenvalue weighted by Crippen LogP contribution is 2.18. The number of nitrogens with one attached hydrogen (secondary N) is 3. The lowest BCUT2D eigenvalue weighted by Gasteiger charge is -2.13. The van der Waals surface area contributed by atoms with Crippen LogP contribution in [0.1, 0.15) is 23.0 Å².